The first-order chi connectivity index (χ1) is 14.9. The van der Waals surface area contributed by atoms with E-state index >= 15 is 0 Å². The van der Waals surface area contributed by atoms with E-state index in [0.29, 0.717) is 22.1 Å². The minimum atomic E-state index is -3.91. The zero-order valence-electron chi connectivity index (χ0n) is 15.9. The van der Waals surface area contributed by atoms with Crippen molar-refractivity contribution in [3.63, 3.8) is 0 Å². The number of carbonyl (C=O) groups excluding carboxylic acids is 1. The number of carbonyl (C=O) groups is 1. The van der Waals surface area contributed by atoms with E-state index in [1.807, 2.05) is 0 Å². The monoisotopic (exact) mass is 457 g/mol. The Morgan fingerprint density at radius 2 is 1.74 bits per heavy atom. The van der Waals surface area contributed by atoms with Crippen molar-refractivity contribution in [1.29, 1.82) is 0 Å². The molecule has 3 aromatic carbocycles. The van der Waals surface area contributed by atoms with Crippen LogP contribution in [0.15, 0.2) is 76.7 Å². The fraction of sp³-hybridized carbons (Fsp3) is 0.0476. The molecule has 1 amide bonds. The largest absolute Gasteiger partial charge is 0.454 e. The number of halogens is 1. The number of hydrogen-bond donors (Lipinski definition) is 2. The third-order valence-corrected chi connectivity index (χ3v) is 5.95. The predicted octanol–water partition coefficient (Wildman–Crippen LogP) is 3.63. The summed E-state index contributed by atoms with van der Waals surface area (Å²) in [6, 6.07) is 17.2. The maximum atomic E-state index is 12.6. The first-order valence-electron chi connectivity index (χ1n) is 9.03. The number of hydrogen-bond acceptors (Lipinski definition) is 6. The fourth-order valence-electron chi connectivity index (χ4n) is 2.81. The van der Waals surface area contributed by atoms with Crippen molar-refractivity contribution in [2.75, 3.05) is 11.5 Å². The lowest BCUT2D eigenvalue weighted by Gasteiger charge is -2.11. The minimum absolute atomic E-state index is 0.0212. The number of para-hydroxylation sites is 1. The molecule has 1 aliphatic rings. The summed E-state index contributed by atoms with van der Waals surface area (Å²) < 4.78 is 38.3. The van der Waals surface area contributed by atoms with E-state index in [-0.39, 0.29) is 22.9 Å². The zero-order chi connectivity index (χ0) is 21.8. The average Bonchev–Trinajstić information content (AvgIpc) is 3.22. The van der Waals surface area contributed by atoms with Gasteiger partial charge in [0.2, 0.25) is 6.79 Å². The van der Waals surface area contributed by atoms with Crippen LogP contribution in [-0.2, 0) is 10.0 Å². The summed E-state index contributed by atoms with van der Waals surface area (Å²) in [5.74, 6) is 0.659. The summed E-state index contributed by atoms with van der Waals surface area (Å²) >= 11 is 5.81. The summed E-state index contributed by atoms with van der Waals surface area (Å²) in [5.41, 5.74) is 3.32. The molecule has 0 bridgehead atoms. The summed E-state index contributed by atoms with van der Waals surface area (Å²) in [7, 11) is -3.91. The van der Waals surface area contributed by atoms with Gasteiger partial charge in [0, 0.05) is 5.02 Å². The van der Waals surface area contributed by atoms with Gasteiger partial charge in [-0.3, -0.25) is 9.52 Å². The van der Waals surface area contributed by atoms with E-state index in [1.54, 1.807) is 30.3 Å². The van der Waals surface area contributed by atoms with Gasteiger partial charge in [0.15, 0.2) is 11.5 Å². The van der Waals surface area contributed by atoms with Crippen LogP contribution in [0.4, 0.5) is 5.69 Å². The number of nitrogens with zero attached hydrogens (tertiary/aromatic N) is 1. The van der Waals surface area contributed by atoms with Crippen LogP contribution in [0.2, 0.25) is 5.02 Å². The second kappa shape index (κ2) is 8.66. The van der Waals surface area contributed by atoms with Crippen LogP contribution in [0.5, 0.6) is 11.5 Å². The van der Waals surface area contributed by atoms with E-state index in [4.69, 9.17) is 21.1 Å². The van der Waals surface area contributed by atoms with Crippen LogP contribution in [0.1, 0.15) is 15.9 Å². The Morgan fingerprint density at radius 3 is 2.55 bits per heavy atom. The Kier molecular flexibility index (Phi) is 5.79. The fourth-order valence-corrected chi connectivity index (χ4v) is 4.01. The van der Waals surface area contributed by atoms with Crippen LogP contribution < -0.4 is 19.6 Å². The van der Waals surface area contributed by atoms with E-state index < -0.39 is 15.9 Å². The molecule has 0 aliphatic carbocycles. The van der Waals surface area contributed by atoms with Crippen molar-refractivity contribution >= 4 is 39.4 Å². The molecule has 0 atom stereocenters. The first-order valence-corrected chi connectivity index (χ1v) is 10.9. The van der Waals surface area contributed by atoms with E-state index in [9.17, 15) is 13.2 Å². The third kappa shape index (κ3) is 4.79. The van der Waals surface area contributed by atoms with Crippen molar-refractivity contribution in [1.82, 2.24) is 5.43 Å². The second-order valence-corrected chi connectivity index (χ2v) is 8.54. The highest BCUT2D eigenvalue weighted by Gasteiger charge is 2.18. The molecule has 0 saturated carbocycles. The van der Waals surface area contributed by atoms with Crippen LogP contribution in [0.3, 0.4) is 0 Å². The summed E-state index contributed by atoms with van der Waals surface area (Å²) in [6.07, 6.45) is 1.44. The lowest BCUT2D eigenvalue weighted by molar-refractivity contribution is 0.0956. The topological polar surface area (TPSA) is 106 Å². The van der Waals surface area contributed by atoms with Gasteiger partial charge in [0.25, 0.3) is 15.9 Å². The SMILES string of the molecule is O=C(N/N=C\c1ccc2c(c1)OCO2)c1ccccc1NS(=O)(=O)c1ccc(Cl)cc1. The third-order valence-electron chi connectivity index (χ3n) is 4.32. The van der Waals surface area contributed by atoms with Crippen molar-refractivity contribution < 1.29 is 22.7 Å². The first kappa shape index (κ1) is 20.7. The molecule has 0 saturated heterocycles. The van der Waals surface area contributed by atoms with Crippen LogP contribution in [-0.4, -0.2) is 27.3 Å². The van der Waals surface area contributed by atoms with E-state index in [2.05, 4.69) is 15.2 Å². The molecule has 0 fully saturated rings. The lowest BCUT2D eigenvalue weighted by Crippen LogP contribution is -2.21. The Hall–Kier alpha value is -3.56. The highest BCUT2D eigenvalue weighted by Crippen LogP contribution is 2.32. The molecule has 1 heterocycles. The van der Waals surface area contributed by atoms with Gasteiger partial charge < -0.3 is 9.47 Å². The Balaban J connectivity index is 1.48. The molecule has 0 aromatic heterocycles. The normalized spacial score (nSPS) is 12.7. The number of amides is 1. The standard InChI is InChI=1S/C21H16ClN3O5S/c22-15-6-8-16(9-7-15)31(27,28)25-18-4-2-1-3-17(18)21(26)24-23-12-14-5-10-19-20(11-14)30-13-29-19/h1-12,25H,13H2,(H,24,26)/b23-12-. The number of nitrogens with one attached hydrogen (secondary N) is 2. The molecular weight excluding hydrogens is 442 g/mol. The van der Waals surface area contributed by atoms with Gasteiger partial charge in [0.05, 0.1) is 22.4 Å². The molecular formula is C21H16ClN3O5S. The Morgan fingerprint density at radius 1 is 1.00 bits per heavy atom. The van der Waals surface area contributed by atoms with Crippen molar-refractivity contribution in [3.8, 4) is 11.5 Å². The molecule has 4 rings (SSSR count). The van der Waals surface area contributed by atoms with Gasteiger partial charge in [-0.15, -0.1) is 0 Å². The quantitative estimate of drug-likeness (QED) is 0.434. The van der Waals surface area contributed by atoms with Gasteiger partial charge in [-0.05, 0) is 60.2 Å². The number of ether oxygens (including phenoxy) is 2. The van der Waals surface area contributed by atoms with E-state index in [1.165, 1.54) is 42.6 Å². The minimum Gasteiger partial charge on any atom is -0.454 e. The van der Waals surface area contributed by atoms with Crippen molar-refractivity contribution in [2.24, 2.45) is 5.10 Å². The van der Waals surface area contributed by atoms with Gasteiger partial charge in [-0.2, -0.15) is 5.10 Å². The number of benzene rings is 3. The number of anilines is 1. The maximum absolute atomic E-state index is 12.6. The van der Waals surface area contributed by atoms with Gasteiger partial charge in [-0.25, -0.2) is 13.8 Å². The number of fused-ring (bicyclic) bond motifs is 1. The molecule has 8 nitrogen and oxygen atoms in total. The molecule has 0 unspecified atom stereocenters. The smallest absolute Gasteiger partial charge is 0.273 e. The van der Waals surface area contributed by atoms with Crippen LogP contribution in [0.25, 0.3) is 0 Å². The molecule has 0 radical (unpaired) electrons. The van der Waals surface area contributed by atoms with Gasteiger partial charge >= 0.3 is 0 Å². The average molecular weight is 458 g/mol. The molecule has 0 spiro atoms. The molecule has 31 heavy (non-hydrogen) atoms. The lowest BCUT2D eigenvalue weighted by atomic mass is 10.2. The van der Waals surface area contributed by atoms with E-state index in [0.717, 1.165) is 0 Å². The molecule has 1 aliphatic heterocycles. The highest BCUT2D eigenvalue weighted by molar-refractivity contribution is 7.92. The van der Waals surface area contributed by atoms with Crippen molar-refractivity contribution in [3.05, 3.63) is 82.9 Å². The molecule has 10 heteroatoms. The number of rotatable bonds is 6. The second-order valence-electron chi connectivity index (χ2n) is 6.42. The Labute approximate surface area is 183 Å². The Bertz CT molecular complexity index is 1260. The molecule has 2 N–H and O–H groups in total. The summed E-state index contributed by atoms with van der Waals surface area (Å²) in [4.78, 5) is 12.6. The number of sulfonamides is 1. The van der Waals surface area contributed by atoms with Crippen LogP contribution >= 0.6 is 11.6 Å². The predicted molar refractivity (Wildman–Crippen MR) is 116 cm³/mol. The number of hydrazone groups is 1. The molecule has 3 aromatic rings. The van der Waals surface area contributed by atoms with Gasteiger partial charge in [0.1, 0.15) is 0 Å². The maximum Gasteiger partial charge on any atom is 0.273 e. The highest BCUT2D eigenvalue weighted by atomic mass is 35.5. The van der Waals surface area contributed by atoms with Crippen molar-refractivity contribution in [2.45, 2.75) is 4.90 Å². The zero-order valence-corrected chi connectivity index (χ0v) is 17.5. The van der Waals surface area contributed by atoms with Gasteiger partial charge in [-0.1, -0.05) is 23.7 Å². The summed E-state index contributed by atoms with van der Waals surface area (Å²) in [6.45, 7) is 0.162. The molecule has 158 valence electrons. The summed E-state index contributed by atoms with van der Waals surface area (Å²) in [5, 5.41) is 4.35. The van der Waals surface area contributed by atoms with Crippen LogP contribution in [0, 0.1) is 0 Å².